The Balaban J connectivity index is 1.80. The molecule has 1 heterocycles. The standard InChI is InChI=1S/C11H16BrN3O/c12-9-5-13-11(14-6-9)15-7-10(16)8-3-1-2-4-8/h5-6,8,10,16H,1-4,7H2,(H,13,14,15). The van der Waals surface area contributed by atoms with E-state index in [9.17, 15) is 5.11 Å². The van der Waals surface area contributed by atoms with Gasteiger partial charge in [0.15, 0.2) is 0 Å². The number of nitrogens with zero attached hydrogens (tertiary/aromatic N) is 2. The Labute approximate surface area is 104 Å². The zero-order valence-corrected chi connectivity index (χ0v) is 10.7. The Morgan fingerprint density at radius 1 is 1.38 bits per heavy atom. The van der Waals surface area contributed by atoms with Crippen LogP contribution in [0.25, 0.3) is 0 Å². The van der Waals surface area contributed by atoms with Crippen molar-refractivity contribution in [1.82, 2.24) is 9.97 Å². The number of hydrogen-bond acceptors (Lipinski definition) is 4. The van der Waals surface area contributed by atoms with E-state index < -0.39 is 0 Å². The predicted molar refractivity (Wildman–Crippen MR) is 66.2 cm³/mol. The molecule has 1 fully saturated rings. The summed E-state index contributed by atoms with van der Waals surface area (Å²) < 4.78 is 0.856. The van der Waals surface area contributed by atoms with Crippen molar-refractivity contribution in [2.45, 2.75) is 31.8 Å². The molecule has 2 N–H and O–H groups in total. The Bertz CT molecular complexity index is 325. The van der Waals surface area contributed by atoms with E-state index in [1.165, 1.54) is 12.8 Å². The maximum Gasteiger partial charge on any atom is 0.222 e. The van der Waals surface area contributed by atoms with Crippen LogP contribution >= 0.6 is 15.9 Å². The van der Waals surface area contributed by atoms with Crippen LogP contribution in [0.3, 0.4) is 0 Å². The van der Waals surface area contributed by atoms with Crippen molar-refractivity contribution in [2.75, 3.05) is 11.9 Å². The van der Waals surface area contributed by atoms with Crippen LogP contribution in [-0.2, 0) is 0 Å². The molecule has 2 rings (SSSR count). The molecular weight excluding hydrogens is 270 g/mol. The summed E-state index contributed by atoms with van der Waals surface area (Å²) in [5.74, 6) is 1.02. The fourth-order valence-electron chi connectivity index (χ4n) is 2.11. The van der Waals surface area contributed by atoms with Crippen LogP contribution in [0.1, 0.15) is 25.7 Å². The van der Waals surface area contributed by atoms with Crippen LogP contribution in [0.2, 0.25) is 0 Å². The first-order chi connectivity index (χ1) is 7.75. The van der Waals surface area contributed by atoms with E-state index in [1.807, 2.05) is 0 Å². The van der Waals surface area contributed by atoms with Gasteiger partial charge in [-0.15, -0.1) is 0 Å². The van der Waals surface area contributed by atoms with Gasteiger partial charge < -0.3 is 10.4 Å². The van der Waals surface area contributed by atoms with Gasteiger partial charge in [0.1, 0.15) is 0 Å². The lowest BCUT2D eigenvalue weighted by atomic mass is 10.0. The molecule has 0 bridgehead atoms. The summed E-state index contributed by atoms with van der Waals surface area (Å²) in [7, 11) is 0. The van der Waals surface area contributed by atoms with Gasteiger partial charge in [0.05, 0.1) is 10.6 Å². The molecule has 1 aromatic heterocycles. The molecule has 0 amide bonds. The normalized spacial score (nSPS) is 18.6. The topological polar surface area (TPSA) is 58.0 Å². The Morgan fingerprint density at radius 3 is 2.62 bits per heavy atom. The zero-order chi connectivity index (χ0) is 11.4. The van der Waals surface area contributed by atoms with E-state index >= 15 is 0 Å². The third kappa shape index (κ3) is 3.15. The second-order valence-electron chi connectivity index (χ2n) is 4.22. The van der Waals surface area contributed by atoms with Crippen LogP contribution in [0, 0.1) is 5.92 Å². The van der Waals surface area contributed by atoms with E-state index in [-0.39, 0.29) is 6.10 Å². The minimum atomic E-state index is -0.283. The molecule has 88 valence electrons. The number of hydrogen-bond donors (Lipinski definition) is 2. The number of aromatic nitrogens is 2. The number of aliphatic hydroxyl groups is 1. The van der Waals surface area contributed by atoms with Gasteiger partial charge >= 0.3 is 0 Å². The number of aliphatic hydroxyl groups excluding tert-OH is 1. The lowest BCUT2D eigenvalue weighted by Crippen LogP contribution is -2.27. The molecule has 4 nitrogen and oxygen atoms in total. The first kappa shape index (κ1) is 11.8. The van der Waals surface area contributed by atoms with Gasteiger partial charge in [0.25, 0.3) is 0 Å². The third-order valence-electron chi connectivity index (χ3n) is 3.03. The molecule has 1 unspecified atom stereocenters. The van der Waals surface area contributed by atoms with Gasteiger partial charge in [-0.3, -0.25) is 0 Å². The Kier molecular flexibility index (Phi) is 4.12. The van der Waals surface area contributed by atoms with Gasteiger partial charge in [-0.25, -0.2) is 9.97 Å². The summed E-state index contributed by atoms with van der Waals surface area (Å²) in [5.41, 5.74) is 0. The molecule has 0 radical (unpaired) electrons. The van der Waals surface area contributed by atoms with Crippen LogP contribution in [-0.4, -0.2) is 27.7 Å². The minimum absolute atomic E-state index is 0.283. The van der Waals surface area contributed by atoms with Crippen molar-refractivity contribution in [3.8, 4) is 0 Å². The molecule has 1 aliphatic carbocycles. The number of nitrogens with one attached hydrogen (secondary N) is 1. The first-order valence-electron chi connectivity index (χ1n) is 5.65. The fraction of sp³-hybridized carbons (Fsp3) is 0.636. The van der Waals surface area contributed by atoms with Crippen molar-refractivity contribution in [2.24, 2.45) is 5.92 Å². The average Bonchev–Trinajstić information content (AvgIpc) is 2.81. The van der Waals surface area contributed by atoms with E-state index in [2.05, 4.69) is 31.2 Å². The maximum atomic E-state index is 9.94. The van der Waals surface area contributed by atoms with E-state index in [0.717, 1.165) is 17.3 Å². The summed E-state index contributed by atoms with van der Waals surface area (Å²) in [6.07, 6.45) is 7.88. The predicted octanol–water partition coefficient (Wildman–Crippen LogP) is 2.20. The molecule has 1 atom stereocenters. The monoisotopic (exact) mass is 285 g/mol. The van der Waals surface area contributed by atoms with E-state index in [1.54, 1.807) is 12.4 Å². The van der Waals surface area contributed by atoms with Crippen molar-refractivity contribution in [3.63, 3.8) is 0 Å². The largest absolute Gasteiger partial charge is 0.391 e. The molecular formula is C11H16BrN3O. The highest BCUT2D eigenvalue weighted by atomic mass is 79.9. The molecule has 1 saturated carbocycles. The number of halogens is 1. The van der Waals surface area contributed by atoms with Crippen molar-refractivity contribution in [3.05, 3.63) is 16.9 Å². The van der Waals surface area contributed by atoms with Crippen LogP contribution in [0.4, 0.5) is 5.95 Å². The van der Waals surface area contributed by atoms with E-state index in [0.29, 0.717) is 18.4 Å². The number of anilines is 1. The quantitative estimate of drug-likeness (QED) is 0.891. The molecule has 5 heteroatoms. The average molecular weight is 286 g/mol. The van der Waals surface area contributed by atoms with Gasteiger partial charge in [-0.2, -0.15) is 0 Å². The van der Waals surface area contributed by atoms with Crippen molar-refractivity contribution < 1.29 is 5.11 Å². The lowest BCUT2D eigenvalue weighted by molar-refractivity contribution is 0.122. The van der Waals surface area contributed by atoms with Gasteiger partial charge in [-0.1, -0.05) is 12.8 Å². The minimum Gasteiger partial charge on any atom is -0.391 e. The van der Waals surface area contributed by atoms with Gasteiger partial charge in [0, 0.05) is 18.9 Å². The highest BCUT2D eigenvalue weighted by Gasteiger charge is 2.22. The fourth-order valence-corrected chi connectivity index (χ4v) is 2.31. The summed E-state index contributed by atoms with van der Waals surface area (Å²) >= 11 is 3.28. The van der Waals surface area contributed by atoms with Gasteiger partial charge in [0.2, 0.25) is 5.95 Å². The van der Waals surface area contributed by atoms with Crippen LogP contribution in [0.15, 0.2) is 16.9 Å². The lowest BCUT2D eigenvalue weighted by Gasteiger charge is -2.17. The Hall–Kier alpha value is -0.680. The summed E-state index contributed by atoms with van der Waals surface area (Å²) in [4.78, 5) is 8.19. The number of rotatable bonds is 4. The molecule has 1 aromatic rings. The molecule has 0 aliphatic heterocycles. The molecule has 0 aromatic carbocycles. The van der Waals surface area contributed by atoms with Gasteiger partial charge in [-0.05, 0) is 34.7 Å². The second kappa shape index (κ2) is 5.59. The third-order valence-corrected chi connectivity index (χ3v) is 3.44. The Morgan fingerprint density at radius 2 is 2.00 bits per heavy atom. The summed E-state index contributed by atoms with van der Waals surface area (Å²) in [6, 6.07) is 0. The van der Waals surface area contributed by atoms with Crippen LogP contribution in [0.5, 0.6) is 0 Å². The van der Waals surface area contributed by atoms with Crippen molar-refractivity contribution >= 4 is 21.9 Å². The SMILES string of the molecule is OC(CNc1ncc(Br)cn1)C1CCCC1. The highest BCUT2D eigenvalue weighted by Crippen LogP contribution is 2.27. The smallest absolute Gasteiger partial charge is 0.222 e. The summed E-state index contributed by atoms with van der Waals surface area (Å²) in [5, 5.41) is 13.0. The van der Waals surface area contributed by atoms with E-state index in [4.69, 9.17) is 0 Å². The molecule has 0 spiro atoms. The summed E-state index contributed by atoms with van der Waals surface area (Å²) in [6.45, 7) is 0.534. The molecule has 16 heavy (non-hydrogen) atoms. The molecule has 0 saturated heterocycles. The highest BCUT2D eigenvalue weighted by molar-refractivity contribution is 9.10. The second-order valence-corrected chi connectivity index (χ2v) is 5.13. The first-order valence-corrected chi connectivity index (χ1v) is 6.44. The zero-order valence-electron chi connectivity index (χ0n) is 9.06. The maximum absolute atomic E-state index is 9.94. The van der Waals surface area contributed by atoms with Crippen LogP contribution < -0.4 is 5.32 Å². The van der Waals surface area contributed by atoms with Crippen molar-refractivity contribution in [1.29, 1.82) is 0 Å². The molecule has 1 aliphatic rings.